The van der Waals surface area contributed by atoms with Crippen LogP contribution in [0.3, 0.4) is 0 Å². The molecule has 1 aromatic carbocycles. The lowest BCUT2D eigenvalue weighted by molar-refractivity contribution is 0.0995. The minimum absolute atomic E-state index is 0.858. The van der Waals surface area contributed by atoms with Crippen molar-refractivity contribution in [3.8, 4) is 0 Å². The molecule has 0 radical (unpaired) electrons. The van der Waals surface area contributed by atoms with Crippen LogP contribution in [0.1, 0.15) is 37.7 Å². The first-order valence-electron chi connectivity index (χ1n) is 6.57. The van der Waals surface area contributed by atoms with Gasteiger partial charge in [0.25, 0.3) is 0 Å². The van der Waals surface area contributed by atoms with Crippen molar-refractivity contribution in [3.63, 3.8) is 0 Å². The molecule has 0 unspecified atom stereocenters. The summed E-state index contributed by atoms with van der Waals surface area (Å²) >= 11 is 0. The molecule has 0 bridgehead atoms. The molecule has 1 aliphatic rings. The van der Waals surface area contributed by atoms with Crippen LogP contribution in [-0.4, -0.2) is 13.2 Å². The van der Waals surface area contributed by atoms with Gasteiger partial charge in [-0.2, -0.15) is 0 Å². The fourth-order valence-electron chi connectivity index (χ4n) is 2.45. The van der Waals surface area contributed by atoms with Crippen LogP contribution in [0.15, 0.2) is 30.3 Å². The van der Waals surface area contributed by atoms with E-state index in [0.29, 0.717) is 0 Å². The molecule has 2 rings (SSSR count). The molecular weight excluding hydrogens is 196 g/mol. The zero-order valence-electron chi connectivity index (χ0n) is 10.0. The third kappa shape index (κ3) is 3.97. The number of aryl methyl sites for hydroxylation is 1. The fourth-order valence-corrected chi connectivity index (χ4v) is 2.45. The quantitative estimate of drug-likeness (QED) is 0.659. The van der Waals surface area contributed by atoms with E-state index in [0.717, 1.165) is 32.0 Å². The first-order chi connectivity index (χ1) is 7.95. The van der Waals surface area contributed by atoms with Crippen molar-refractivity contribution in [1.82, 2.24) is 0 Å². The Kier molecular flexibility index (Phi) is 4.88. The summed E-state index contributed by atoms with van der Waals surface area (Å²) in [4.78, 5) is 0. The van der Waals surface area contributed by atoms with Crippen LogP contribution in [0.5, 0.6) is 0 Å². The second-order valence-electron chi connectivity index (χ2n) is 4.81. The first kappa shape index (κ1) is 11.7. The van der Waals surface area contributed by atoms with Crippen molar-refractivity contribution < 1.29 is 4.74 Å². The van der Waals surface area contributed by atoms with E-state index in [1.165, 1.54) is 31.2 Å². The second kappa shape index (κ2) is 6.70. The number of hydrogen-bond donors (Lipinski definition) is 0. The molecule has 1 saturated carbocycles. The summed E-state index contributed by atoms with van der Waals surface area (Å²) in [6, 6.07) is 10.7. The van der Waals surface area contributed by atoms with Gasteiger partial charge in [-0.15, -0.1) is 0 Å². The van der Waals surface area contributed by atoms with E-state index in [1.54, 1.807) is 0 Å². The Labute approximate surface area is 98.8 Å². The predicted octanol–water partition coefficient (Wildman–Crippen LogP) is 3.83. The van der Waals surface area contributed by atoms with E-state index in [2.05, 4.69) is 30.3 Å². The predicted molar refractivity (Wildman–Crippen MR) is 67.5 cm³/mol. The van der Waals surface area contributed by atoms with Gasteiger partial charge in [-0.3, -0.25) is 0 Å². The van der Waals surface area contributed by atoms with Gasteiger partial charge in [0.15, 0.2) is 0 Å². The summed E-state index contributed by atoms with van der Waals surface area (Å²) < 4.78 is 5.74. The van der Waals surface area contributed by atoms with Gasteiger partial charge in [0, 0.05) is 13.2 Å². The van der Waals surface area contributed by atoms with Crippen molar-refractivity contribution in [2.75, 3.05) is 13.2 Å². The van der Waals surface area contributed by atoms with E-state index < -0.39 is 0 Å². The average Bonchev–Trinajstić information content (AvgIpc) is 2.83. The summed E-state index contributed by atoms with van der Waals surface area (Å²) in [6.45, 7) is 1.92. The SMILES string of the molecule is c1ccc(CCCOCC2CCCC2)cc1. The molecule has 0 aliphatic heterocycles. The van der Waals surface area contributed by atoms with E-state index >= 15 is 0 Å². The highest BCUT2D eigenvalue weighted by molar-refractivity contribution is 5.14. The topological polar surface area (TPSA) is 9.23 Å². The largest absolute Gasteiger partial charge is 0.381 e. The Balaban J connectivity index is 1.52. The maximum absolute atomic E-state index is 5.74. The molecule has 1 nitrogen and oxygen atoms in total. The Hall–Kier alpha value is -0.820. The number of hydrogen-bond acceptors (Lipinski definition) is 1. The Morgan fingerprint density at radius 1 is 1.06 bits per heavy atom. The van der Waals surface area contributed by atoms with E-state index in [-0.39, 0.29) is 0 Å². The van der Waals surface area contributed by atoms with Gasteiger partial charge in [0.05, 0.1) is 0 Å². The summed E-state index contributed by atoms with van der Waals surface area (Å²) in [5.41, 5.74) is 1.42. The van der Waals surface area contributed by atoms with Crippen molar-refractivity contribution in [1.29, 1.82) is 0 Å². The van der Waals surface area contributed by atoms with E-state index in [1.807, 2.05) is 0 Å². The van der Waals surface area contributed by atoms with Crippen molar-refractivity contribution in [2.45, 2.75) is 38.5 Å². The number of benzene rings is 1. The molecule has 0 amide bonds. The van der Waals surface area contributed by atoms with E-state index in [9.17, 15) is 0 Å². The lowest BCUT2D eigenvalue weighted by atomic mass is 10.1. The van der Waals surface area contributed by atoms with Gasteiger partial charge in [-0.05, 0) is 37.2 Å². The number of ether oxygens (including phenoxy) is 1. The molecule has 0 saturated heterocycles. The van der Waals surface area contributed by atoms with Gasteiger partial charge in [-0.1, -0.05) is 43.2 Å². The van der Waals surface area contributed by atoms with Gasteiger partial charge >= 0.3 is 0 Å². The van der Waals surface area contributed by atoms with Crippen molar-refractivity contribution in [3.05, 3.63) is 35.9 Å². The van der Waals surface area contributed by atoms with Gasteiger partial charge in [-0.25, -0.2) is 0 Å². The third-order valence-corrected chi connectivity index (χ3v) is 3.43. The molecular formula is C15H22O. The van der Waals surface area contributed by atoms with Gasteiger partial charge in [0.1, 0.15) is 0 Å². The molecule has 88 valence electrons. The molecule has 0 aromatic heterocycles. The molecule has 1 aromatic rings. The highest BCUT2D eigenvalue weighted by Crippen LogP contribution is 2.24. The van der Waals surface area contributed by atoms with Crippen LogP contribution in [0.4, 0.5) is 0 Å². The zero-order chi connectivity index (χ0) is 11.1. The fraction of sp³-hybridized carbons (Fsp3) is 0.600. The standard InChI is InChI=1S/C15H22O/c1-2-7-14(8-3-1)11-6-12-16-13-15-9-4-5-10-15/h1-3,7-8,15H,4-6,9-13H2. The summed E-state index contributed by atoms with van der Waals surface area (Å²) in [5, 5.41) is 0. The van der Waals surface area contributed by atoms with Crippen LogP contribution < -0.4 is 0 Å². The molecule has 0 N–H and O–H groups in total. The summed E-state index contributed by atoms with van der Waals surface area (Å²) in [5.74, 6) is 0.858. The van der Waals surface area contributed by atoms with Crippen molar-refractivity contribution in [2.24, 2.45) is 5.92 Å². The minimum atomic E-state index is 0.858. The summed E-state index contributed by atoms with van der Waals surface area (Å²) in [7, 11) is 0. The van der Waals surface area contributed by atoms with Crippen LogP contribution in [0.2, 0.25) is 0 Å². The third-order valence-electron chi connectivity index (χ3n) is 3.43. The second-order valence-corrected chi connectivity index (χ2v) is 4.81. The lowest BCUT2D eigenvalue weighted by Crippen LogP contribution is -2.06. The molecule has 0 spiro atoms. The molecule has 16 heavy (non-hydrogen) atoms. The van der Waals surface area contributed by atoms with Gasteiger partial charge < -0.3 is 4.74 Å². The molecule has 1 heteroatoms. The Bertz CT molecular complexity index is 275. The van der Waals surface area contributed by atoms with Gasteiger partial charge in [0.2, 0.25) is 0 Å². The Morgan fingerprint density at radius 2 is 1.81 bits per heavy atom. The lowest BCUT2D eigenvalue weighted by Gasteiger charge is -2.09. The monoisotopic (exact) mass is 218 g/mol. The minimum Gasteiger partial charge on any atom is -0.381 e. The molecule has 0 atom stereocenters. The maximum Gasteiger partial charge on any atom is 0.0494 e. The van der Waals surface area contributed by atoms with Crippen molar-refractivity contribution >= 4 is 0 Å². The molecule has 1 aliphatic carbocycles. The van der Waals surface area contributed by atoms with Crippen LogP contribution >= 0.6 is 0 Å². The molecule has 1 fully saturated rings. The molecule has 0 heterocycles. The summed E-state index contributed by atoms with van der Waals surface area (Å²) in [6.07, 6.45) is 7.90. The highest BCUT2D eigenvalue weighted by Gasteiger charge is 2.14. The average molecular weight is 218 g/mol. The van der Waals surface area contributed by atoms with Crippen LogP contribution in [-0.2, 0) is 11.2 Å². The maximum atomic E-state index is 5.74. The zero-order valence-corrected chi connectivity index (χ0v) is 10.0. The smallest absolute Gasteiger partial charge is 0.0494 e. The van der Waals surface area contributed by atoms with Crippen LogP contribution in [0, 0.1) is 5.92 Å². The Morgan fingerprint density at radius 3 is 2.56 bits per heavy atom. The highest BCUT2D eigenvalue weighted by atomic mass is 16.5. The first-order valence-corrected chi connectivity index (χ1v) is 6.57. The number of rotatable bonds is 6. The van der Waals surface area contributed by atoms with Crippen LogP contribution in [0.25, 0.3) is 0 Å². The van der Waals surface area contributed by atoms with E-state index in [4.69, 9.17) is 4.74 Å². The normalized spacial score (nSPS) is 16.8.